The standard InChI is InChI=1S/C20H25N3O3/c1-25-16-8-9-19(26-2)17(13-16)23-20(24)18-12-15(10-11-21-18)22-14-6-4-3-5-7-14/h8-14H,3-7H2,1-2H3,(H,21,22)(H,23,24). The molecule has 6 nitrogen and oxygen atoms in total. The van der Waals surface area contributed by atoms with Crippen molar-refractivity contribution in [1.29, 1.82) is 0 Å². The van der Waals surface area contributed by atoms with Crippen LogP contribution in [0.1, 0.15) is 42.6 Å². The predicted molar refractivity (Wildman–Crippen MR) is 102 cm³/mol. The zero-order chi connectivity index (χ0) is 18.4. The second kappa shape index (κ2) is 8.56. The zero-order valence-electron chi connectivity index (χ0n) is 15.2. The van der Waals surface area contributed by atoms with E-state index in [0.29, 0.717) is 28.9 Å². The van der Waals surface area contributed by atoms with Gasteiger partial charge in [0.15, 0.2) is 0 Å². The van der Waals surface area contributed by atoms with Gasteiger partial charge in [-0.3, -0.25) is 9.78 Å². The minimum atomic E-state index is -0.288. The molecule has 2 N–H and O–H groups in total. The third kappa shape index (κ3) is 4.45. The Morgan fingerprint density at radius 3 is 2.62 bits per heavy atom. The van der Waals surface area contributed by atoms with Gasteiger partial charge in [0.25, 0.3) is 5.91 Å². The number of amides is 1. The molecular formula is C20H25N3O3. The van der Waals surface area contributed by atoms with Crippen LogP contribution < -0.4 is 20.1 Å². The van der Waals surface area contributed by atoms with Crippen LogP contribution in [0.4, 0.5) is 11.4 Å². The summed E-state index contributed by atoms with van der Waals surface area (Å²) in [5, 5.41) is 6.37. The number of pyridine rings is 1. The Morgan fingerprint density at radius 1 is 1.08 bits per heavy atom. The summed E-state index contributed by atoms with van der Waals surface area (Å²) >= 11 is 0. The second-order valence-corrected chi connectivity index (χ2v) is 6.43. The Bertz CT molecular complexity index is 758. The van der Waals surface area contributed by atoms with Gasteiger partial charge in [-0.25, -0.2) is 0 Å². The zero-order valence-corrected chi connectivity index (χ0v) is 15.2. The number of hydrogen-bond acceptors (Lipinski definition) is 5. The van der Waals surface area contributed by atoms with Crippen LogP contribution in [-0.2, 0) is 0 Å². The highest BCUT2D eigenvalue weighted by Crippen LogP contribution is 2.29. The average molecular weight is 355 g/mol. The Balaban J connectivity index is 1.72. The molecule has 0 bridgehead atoms. The molecule has 1 aromatic heterocycles. The molecule has 1 fully saturated rings. The summed E-state index contributed by atoms with van der Waals surface area (Å²) in [6, 6.07) is 9.42. The maximum atomic E-state index is 12.6. The van der Waals surface area contributed by atoms with Crippen molar-refractivity contribution in [3.8, 4) is 11.5 Å². The Kier molecular flexibility index (Phi) is 5.94. The molecule has 0 radical (unpaired) electrons. The SMILES string of the molecule is COc1ccc(OC)c(NC(=O)c2cc(NC3CCCCC3)ccn2)c1. The van der Waals surface area contributed by atoms with Gasteiger partial charge in [0.1, 0.15) is 17.2 Å². The number of nitrogens with zero attached hydrogens (tertiary/aromatic N) is 1. The summed E-state index contributed by atoms with van der Waals surface area (Å²) in [5.41, 5.74) is 1.83. The monoisotopic (exact) mass is 355 g/mol. The molecule has 0 atom stereocenters. The highest BCUT2D eigenvalue weighted by molar-refractivity contribution is 6.04. The molecule has 0 saturated heterocycles. The van der Waals surface area contributed by atoms with Crippen LogP contribution in [0.5, 0.6) is 11.5 Å². The topological polar surface area (TPSA) is 72.5 Å². The van der Waals surface area contributed by atoms with E-state index in [2.05, 4.69) is 15.6 Å². The van der Waals surface area contributed by atoms with Crippen LogP contribution >= 0.6 is 0 Å². The first-order valence-corrected chi connectivity index (χ1v) is 8.95. The van der Waals surface area contributed by atoms with E-state index in [4.69, 9.17) is 9.47 Å². The number of aromatic nitrogens is 1. The van der Waals surface area contributed by atoms with E-state index in [0.717, 1.165) is 5.69 Å². The molecule has 26 heavy (non-hydrogen) atoms. The highest BCUT2D eigenvalue weighted by atomic mass is 16.5. The van der Waals surface area contributed by atoms with Crippen LogP contribution in [0.15, 0.2) is 36.5 Å². The van der Waals surface area contributed by atoms with Crippen LogP contribution in [0, 0.1) is 0 Å². The molecule has 0 unspecified atom stereocenters. The molecule has 6 heteroatoms. The van der Waals surface area contributed by atoms with E-state index in [-0.39, 0.29) is 5.91 Å². The normalized spacial score (nSPS) is 14.5. The Hall–Kier alpha value is -2.76. The summed E-state index contributed by atoms with van der Waals surface area (Å²) in [5.74, 6) is 0.918. The largest absolute Gasteiger partial charge is 0.497 e. The molecule has 138 valence electrons. The van der Waals surface area contributed by atoms with E-state index >= 15 is 0 Å². The molecule has 1 heterocycles. The van der Waals surface area contributed by atoms with Crippen LogP contribution in [0.25, 0.3) is 0 Å². The fourth-order valence-electron chi connectivity index (χ4n) is 3.23. The fourth-order valence-corrected chi connectivity index (χ4v) is 3.23. The minimum Gasteiger partial charge on any atom is -0.497 e. The predicted octanol–water partition coefficient (Wildman–Crippen LogP) is 4.10. The maximum Gasteiger partial charge on any atom is 0.274 e. The molecule has 0 spiro atoms. The van der Waals surface area contributed by atoms with Crippen molar-refractivity contribution in [3.63, 3.8) is 0 Å². The molecule has 0 aliphatic heterocycles. The summed E-state index contributed by atoms with van der Waals surface area (Å²) in [7, 11) is 3.14. The smallest absolute Gasteiger partial charge is 0.274 e. The first kappa shape index (κ1) is 18.0. The molecule has 1 amide bonds. The van der Waals surface area contributed by atoms with Gasteiger partial charge >= 0.3 is 0 Å². The molecule has 3 rings (SSSR count). The Morgan fingerprint density at radius 2 is 1.88 bits per heavy atom. The number of ether oxygens (including phenoxy) is 2. The molecule has 1 aromatic carbocycles. The van der Waals surface area contributed by atoms with Crippen molar-refractivity contribution in [2.75, 3.05) is 24.9 Å². The van der Waals surface area contributed by atoms with Gasteiger partial charge in [-0.15, -0.1) is 0 Å². The molecular weight excluding hydrogens is 330 g/mol. The number of carbonyl (C=O) groups is 1. The van der Waals surface area contributed by atoms with Gasteiger partial charge < -0.3 is 20.1 Å². The summed E-state index contributed by atoms with van der Waals surface area (Å²) < 4.78 is 10.5. The minimum absolute atomic E-state index is 0.288. The molecule has 1 aliphatic carbocycles. The Labute approximate surface area is 153 Å². The number of anilines is 2. The van der Waals surface area contributed by atoms with Crippen molar-refractivity contribution in [2.24, 2.45) is 0 Å². The number of benzene rings is 1. The lowest BCUT2D eigenvalue weighted by Gasteiger charge is -2.23. The summed E-state index contributed by atoms with van der Waals surface area (Å²) in [4.78, 5) is 16.8. The van der Waals surface area contributed by atoms with Crippen molar-refractivity contribution < 1.29 is 14.3 Å². The lowest BCUT2D eigenvalue weighted by atomic mass is 9.95. The van der Waals surface area contributed by atoms with E-state index in [1.165, 1.54) is 32.1 Å². The van der Waals surface area contributed by atoms with E-state index in [1.807, 2.05) is 6.07 Å². The van der Waals surface area contributed by atoms with E-state index in [9.17, 15) is 4.79 Å². The van der Waals surface area contributed by atoms with Gasteiger partial charge in [0.2, 0.25) is 0 Å². The van der Waals surface area contributed by atoms with Gasteiger partial charge in [0.05, 0.1) is 19.9 Å². The van der Waals surface area contributed by atoms with Crippen molar-refractivity contribution in [3.05, 3.63) is 42.2 Å². The number of carbonyl (C=O) groups excluding carboxylic acids is 1. The lowest BCUT2D eigenvalue weighted by Crippen LogP contribution is -2.22. The van der Waals surface area contributed by atoms with Gasteiger partial charge in [-0.1, -0.05) is 19.3 Å². The summed E-state index contributed by atoms with van der Waals surface area (Å²) in [6.07, 6.45) is 7.82. The van der Waals surface area contributed by atoms with Crippen LogP contribution in [-0.4, -0.2) is 31.2 Å². The molecule has 1 aliphatic rings. The lowest BCUT2D eigenvalue weighted by molar-refractivity contribution is 0.102. The maximum absolute atomic E-state index is 12.6. The quantitative estimate of drug-likeness (QED) is 0.816. The van der Waals surface area contributed by atoms with E-state index < -0.39 is 0 Å². The van der Waals surface area contributed by atoms with Gasteiger partial charge in [0, 0.05) is 24.0 Å². The third-order valence-corrected chi connectivity index (χ3v) is 4.62. The van der Waals surface area contributed by atoms with Gasteiger partial charge in [-0.05, 0) is 37.1 Å². The fraction of sp³-hybridized carbons (Fsp3) is 0.400. The van der Waals surface area contributed by atoms with Crippen molar-refractivity contribution >= 4 is 17.3 Å². The van der Waals surface area contributed by atoms with Crippen LogP contribution in [0.2, 0.25) is 0 Å². The van der Waals surface area contributed by atoms with Crippen molar-refractivity contribution in [1.82, 2.24) is 4.98 Å². The average Bonchev–Trinajstić information content (AvgIpc) is 2.69. The van der Waals surface area contributed by atoms with Crippen molar-refractivity contribution in [2.45, 2.75) is 38.1 Å². The summed E-state index contributed by atoms with van der Waals surface area (Å²) in [6.45, 7) is 0. The number of rotatable bonds is 6. The highest BCUT2D eigenvalue weighted by Gasteiger charge is 2.15. The number of methoxy groups -OCH3 is 2. The molecule has 2 aromatic rings. The number of hydrogen-bond donors (Lipinski definition) is 2. The first-order valence-electron chi connectivity index (χ1n) is 8.95. The van der Waals surface area contributed by atoms with Gasteiger partial charge in [-0.2, -0.15) is 0 Å². The first-order chi connectivity index (χ1) is 12.7. The van der Waals surface area contributed by atoms with E-state index in [1.54, 1.807) is 44.7 Å². The third-order valence-electron chi connectivity index (χ3n) is 4.62. The second-order valence-electron chi connectivity index (χ2n) is 6.43. The molecule has 1 saturated carbocycles. The number of nitrogens with one attached hydrogen (secondary N) is 2. The van der Waals surface area contributed by atoms with Crippen LogP contribution in [0.3, 0.4) is 0 Å².